The van der Waals surface area contributed by atoms with E-state index in [1.54, 1.807) is 4.90 Å². The van der Waals surface area contributed by atoms with Gasteiger partial charge in [-0.25, -0.2) is 4.79 Å². The molecule has 102 valence electrons. The number of nitrogens with zero attached hydrogens (tertiary/aromatic N) is 1. The van der Waals surface area contributed by atoms with Crippen molar-refractivity contribution in [2.24, 2.45) is 11.3 Å². The van der Waals surface area contributed by atoms with Gasteiger partial charge >= 0.3 is 6.09 Å². The Kier molecular flexibility index (Phi) is 2.79. The number of ether oxygens (including phenoxy) is 2. The molecule has 0 aromatic carbocycles. The van der Waals surface area contributed by atoms with Crippen LogP contribution in [0.2, 0.25) is 0 Å². The quantitative estimate of drug-likeness (QED) is 0.793. The molecular formula is C13H22N2O3. The van der Waals surface area contributed by atoms with Crippen LogP contribution in [0.4, 0.5) is 4.79 Å². The molecule has 2 aliphatic heterocycles. The van der Waals surface area contributed by atoms with E-state index in [-0.39, 0.29) is 11.5 Å². The Morgan fingerprint density at radius 3 is 2.83 bits per heavy atom. The molecule has 0 aromatic rings. The first-order valence-corrected chi connectivity index (χ1v) is 6.74. The van der Waals surface area contributed by atoms with Gasteiger partial charge in [0.25, 0.3) is 0 Å². The van der Waals surface area contributed by atoms with Gasteiger partial charge < -0.3 is 19.7 Å². The van der Waals surface area contributed by atoms with Crippen LogP contribution < -0.4 is 5.32 Å². The van der Waals surface area contributed by atoms with E-state index in [1.165, 1.54) is 13.5 Å². The van der Waals surface area contributed by atoms with Crippen molar-refractivity contribution in [1.82, 2.24) is 10.2 Å². The monoisotopic (exact) mass is 254 g/mol. The van der Waals surface area contributed by atoms with Crippen molar-refractivity contribution in [2.45, 2.75) is 38.5 Å². The minimum absolute atomic E-state index is 0.215. The smallest absolute Gasteiger partial charge is 0.409 e. The summed E-state index contributed by atoms with van der Waals surface area (Å²) in [6.07, 6.45) is 1.37. The Bertz CT molecular complexity index is 352. The van der Waals surface area contributed by atoms with Crippen molar-refractivity contribution in [3.63, 3.8) is 0 Å². The molecule has 2 heterocycles. The highest BCUT2D eigenvalue weighted by Gasteiger charge is 2.59. The van der Waals surface area contributed by atoms with E-state index in [1.807, 2.05) is 0 Å². The van der Waals surface area contributed by atoms with E-state index in [0.717, 1.165) is 19.7 Å². The van der Waals surface area contributed by atoms with Crippen LogP contribution in [0.25, 0.3) is 0 Å². The lowest BCUT2D eigenvalue weighted by Crippen LogP contribution is -2.72. The van der Waals surface area contributed by atoms with Crippen molar-refractivity contribution in [3.05, 3.63) is 0 Å². The topological polar surface area (TPSA) is 50.8 Å². The third-order valence-electron chi connectivity index (χ3n) is 4.83. The minimum Gasteiger partial charge on any atom is -0.453 e. The zero-order chi connectivity index (χ0) is 12.9. The molecule has 3 unspecified atom stereocenters. The summed E-state index contributed by atoms with van der Waals surface area (Å²) in [6.45, 7) is 6.96. The summed E-state index contributed by atoms with van der Waals surface area (Å²) in [7, 11) is 1.43. The van der Waals surface area contributed by atoms with Crippen LogP contribution in [0, 0.1) is 11.3 Å². The SMILES string of the molecule is COC(=O)N1CC(NC2C3CCOC3C2(C)C)C1. The van der Waals surface area contributed by atoms with E-state index < -0.39 is 0 Å². The van der Waals surface area contributed by atoms with E-state index in [0.29, 0.717) is 24.1 Å². The molecule has 0 aromatic heterocycles. The summed E-state index contributed by atoms with van der Waals surface area (Å²) in [5, 5.41) is 3.69. The van der Waals surface area contributed by atoms with Crippen LogP contribution in [-0.4, -0.2) is 56.0 Å². The Balaban J connectivity index is 1.52. The van der Waals surface area contributed by atoms with Gasteiger partial charge in [-0.1, -0.05) is 13.8 Å². The first-order chi connectivity index (χ1) is 8.54. The predicted molar refractivity (Wildman–Crippen MR) is 66.3 cm³/mol. The van der Waals surface area contributed by atoms with Crippen molar-refractivity contribution in [2.75, 3.05) is 26.8 Å². The van der Waals surface area contributed by atoms with Crippen LogP contribution >= 0.6 is 0 Å². The predicted octanol–water partition coefficient (Wildman–Crippen LogP) is 0.840. The second-order valence-corrected chi connectivity index (χ2v) is 6.28. The maximum atomic E-state index is 11.3. The molecule has 3 atom stereocenters. The van der Waals surface area contributed by atoms with Gasteiger partial charge in [-0.05, 0) is 6.42 Å². The largest absolute Gasteiger partial charge is 0.453 e. The van der Waals surface area contributed by atoms with E-state index in [4.69, 9.17) is 9.47 Å². The Labute approximate surface area is 108 Å². The molecular weight excluding hydrogens is 232 g/mol. The molecule has 3 fully saturated rings. The average molecular weight is 254 g/mol. The van der Waals surface area contributed by atoms with Crippen molar-refractivity contribution in [1.29, 1.82) is 0 Å². The van der Waals surface area contributed by atoms with Crippen LogP contribution in [0.15, 0.2) is 0 Å². The number of nitrogens with one attached hydrogen (secondary N) is 1. The lowest BCUT2D eigenvalue weighted by atomic mass is 9.57. The van der Waals surface area contributed by atoms with Gasteiger partial charge in [0.15, 0.2) is 0 Å². The van der Waals surface area contributed by atoms with Gasteiger partial charge in [-0.15, -0.1) is 0 Å². The standard InChI is InChI=1S/C13H22N2O3/c1-13(2)10(9-4-5-18-11(9)13)14-8-6-15(7-8)12(16)17-3/h8-11,14H,4-7H2,1-3H3. The number of carbonyl (C=O) groups excluding carboxylic acids is 1. The van der Waals surface area contributed by atoms with Gasteiger partial charge in [0.2, 0.25) is 0 Å². The van der Waals surface area contributed by atoms with Gasteiger partial charge in [0.1, 0.15) is 0 Å². The molecule has 3 aliphatic rings. The first-order valence-electron chi connectivity index (χ1n) is 6.74. The molecule has 1 aliphatic carbocycles. The maximum Gasteiger partial charge on any atom is 0.409 e. The summed E-state index contributed by atoms with van der Waals surface area (Å²) < 4.78 is 10.5. The first kappa shape index (κ1) is 12.2. The van der Waals surface area contributed by atoms with Gasteiger partial charge in [-0.3, -0.25) is 0 Å². The molecule has 0 spiro atoms. The molecule has 5 heteroatoms. The van der Waals surface area contributed by atoms with Gasteiger partial charge in [0, 0.05) is 43.1 Å². The van der Waals surface area contributed by atoms with E-state index in [2.05, 4.69) is 19.2 Å². The number of likely N-dealkylation sites (tertiary alicyclic amines) is 1. The fourth-order valence-electron chi connectivity index (χ4n) is 3.78. The highest BCUT2D eigenvalue weighted by Crippen LogP contribution is 2.52. The fraction of sp³-hybridized carbons (Fsp3) is 0.923. The average Bonchev–Trinajstić information content (AvgIpc) is 2.73. The molecule has 1 N–H and O–H groups in total. The number of rotatable bonds is 2. The zero-order valence-corrected chi connectivity index (χ0v) is 11.3. The number of fused-ring (bicyclic) bond motifs is 1. The third kappa shape index (κ3) is 1.64. The normalized spacial score (nSPS) is 37.7. The summed E-state index contributed by atoms with van der Waals surface area (Å²) in [5.74, 6) is 0.659. The number of hydrogen-bond acceptors (Lipinski definition) is 4. The van der Waals surface area contributed by atoms with E-state index >= 15 is 0 Å². The van der Waals surface area contributed by atoms with E-state index in [9.17, 15) is 4.79 Å². The van der Waals surface area contributed by atoms with Crippen LogP contribution in [0.1, 0.15) is 20.3 Å². The third-order valence-corrected chi connectivity index (χ3v) is 4.83. The molecule has 3 rings (SSSR count). The van der Waals surface area contributed by atoms with Crippen LogP contribution in [0.3, 0.4) is 0 Å². The molecule has 5 nitrogen and oxygen atoms in total. The molecule has 1 saturated carbocycles. The Hall–Kier alpha value is -0.810. The molecule has 1 amide bonds. The zero-order valence-electron chi connectivity index (χ0n) is 11.3. The van der Waals surface area contributed by atoms with Crippen molar-refractivity contribution >= 4 is 6.09 Å². The van der Waals surface area contributed by atoms with Crippen molar-refractivity contribution < 1.29 is 14.3 Å². The molecule has 0 radical (unpaired) electrons. The summed E-state index contributed by atoms with van der Waals surface area (Å²) >= 11 is 0. The Morgan fingerprint density at radius 1 is 1.44 bits per heavy atom. The Morgan fingerprint density at radius 2 is 2.17 bits per heavy atom. The molecule has 18 heavy (non-hydrogen) atoms. The molecule has 2 saturated heterocycles. The highest BCUT2D eigenvalue weighted by atomic mass is 16.5. The molecule has 0 bridgehead atoms. The number of amides is 1. The van der Waals surface area contributed by atoms with Crippen LogP contribution in [0.5, 0.6) is 0 Å². The lowest BCUT2D eigenvalue weighted by Gasteiger charge is -2.57. The van der Waals surface area contributed by atoms with Gasteiger partial charge in [-0.2, -0.15) is 0 Å². The summed E-state index contributed by atoms with van der Waals surface area (Å²) in [5.41, 5.74) is 0.215. The maximum absolute atomic E-state index is 11.3. The van der Waals surface area contributed by atoms with Gasteiger partial charge in [0.05, 0.1) is 13.2 Å². The number of carbonyl (C=O) groups is 1. The fourth-order valence-corrected chi connectivity index (χ4v) is 3.78. The second kappa shape index (κ2) is 4.10. The summed E-state index contributed by atoms with van der Waals surface area (Å²) in [6, 6.07) is 0.935. The van der Waals surface area contributed by atoms with Crippen molar-refractivity contribution in [3.8, 4) is 0 Å². The number of methoxy groups -OCH3 is 1. The minimum atomic E-state index is -0.219. The lowest BCUT2D eigenvalue weighted by molar-refractivity contribution is -0.119. The number of hydrogen-bond donors (Lipinski definition) is 1. The highest BCUT2D eigenvalue weighted by molar-refractivity contribution is 5.68. The van der Waals surface area contributed by atoms with Crippen LogP contribution in [-0.2, 0) is 9.47 Å². The summed E-state index contributed by atoms with van der Waals surface area (Å²) in [4.78, 5) is 13.0. The second-order valence-electron chi connectivity index (χ2n) is 6.28.